The van der Waals surface area contributed by atoms with E-state index in [0.29, 0.717) is 23.7 Å². The zero-order valence-corrected chi connectivity index (χ0v) is 14.1. The van der Waals surface area contributed by atoms with Gasteiger partial charge in [0.25, 0.3) is 5.91 Å². The minimum Gasteiger partial charge on any atom is -0.489 e. The van der Waals surface area contributed by atoms with Gasteiger partial charge in [0.05, 0.1) is 18.5 Å². The summed E-state index contributed by atoms with van der Waals surface area (Å²) in [5, 5.41) is 6.91. The Labute approximate surface area is 149 Å². The Bertz CT molecular complexity index is 890. The number of nitrogens with zero attached hydrogens (tertiary/aromatic N) is 2. The van der Waals surface area contributed by atoms with Crippen LogP contribution in [0.1, 0.15) is 23.8 Å². The Balaban J connectivity index is 1.89. The largest absolute Gasteiger partial charge is 0.489 e. The summed E-state index contributed by atoms with van der Waals surface area (Å²) in [4.78, 5) is 12.6. The van der Waals surface area contributed by atoms with E-state index in [4.69, 9.17) is 4.74 Å². The third-order valence-corrected chi connectivity index (χ3v) is 3.55. The molecule has 1 aromatic heterocycles. The van der Waals surface area contributed by atoms with Crippen LogP contribution in [-0.2, 0) is 0 Å². The number of anilines is 1. The summed E-state index contributed by atoms with van der Waals surface area (Å²) in [5.74, 6) is -0.924. The summed E-state index contributed by atoms with van der Waals surface area (Å²) >= 11 is 0. The highest BCUT2D eigenvalue weighted by Crippen LogP contribution is 2.22. The van der Waals surface area contributed by atoms with E-state index in [1.807, 2.05) is 6.92 Å². The molecule has 0 unspecified atom stereocenters. The standard InChI is InChI=1S/C19H17F2N3O2/c1-2-11-26-17-12-24(16-9-5-14(21)6-10-16)23-18(17)19(25)22-15-7-3-13(20)4-8-15/h3-10,12H,2,11H2,1H3,(H,22,25). The number of hydrogen-bond acceptors (Lipinski definition) is 3. The first-order valence-electron chi connectivity index (χ1n) is 8.12. The van der Waals surface area contributed by atoms with E-state index in [1.54, 1.807) is 18.3 Å². The monoisotopic (exact) mass is 357 g/mol. The van der Waals surface area contributed by atoms with Crippen molar-refractivity contribution in [3.05, 3.63) is 72.1 Å². The van der Waals surface area contributed by atoms with Crippen LogP contribution in [0.25, 0.3) is 5.69 Å². The van der Waals surface area contributed by atoms with Gasteiger partial charge in [0.15, 0.2) is 11.4 Å². The molecule has 0 atom stereocenters. The number of halogens is 2. The van der Waals surface area contributed by atoms with Crippen LogP contribution in [0.15, 0.2) is 54.7 Å². The lowest BCUT2D eigenvalue weighted by atomic mass is 10.3. The Kier molecular flexibility index (Phi) is 5.26. The van der Waals surface area contributed by atoms with Crippen LogP contribution in [0.2, 0.25) is 0 Å². The van der Waals surface area contributed by atoms with Gasteiger partial charge in [-0.05, 0) is 55.0 Å². The highest BCUT2D eigenvalue weighted by molar-refractivity contribution is 6.04. The summed E-state index contributed by atoms with van der Waals surface area (Å²) < 4.78 is 33.2. The summed E-state index contributed by atoms with van der Waals surface area (Å²) in [6.07, 6.45) is 2.34. The first kappa shape index (κ1) is 17.6. The molecule has 1 heterocycles. The minimum absolute atomic E-state index is 0.0899. The van der Waals surface area contributed by atoms with E-state index in [2.05, 4.69) is 10.4 Å². The average Bonchev–Trinajstić information content (AvgIpc) is 3.07. The van der Waals surface area contributed by atoms with E-state index in [9.17, 15) is 13.6 Å². The maximum atomic E-state index is 13.1. The molecule has 0 saturated heterocycles. The first-order chi connectivity index (χ1) is 12.6. The average molecular weight is 357 g/mol. The lowest BCUT2D eigenvalue weighted by Gasteiger charge is -2.06. The Morgan fingerprint density at radius 1 is 1.08 bits per heavy atom. The Morgan fingerprint density at radius 3 is 2.31 bits per heavy atom. The van der Waals surface area contributed by atoms with E-state index in [0.717, 1.165) is 6.42 Å². The van der Waals surface area contributed by atoms with Crippen LogP contribution >= 0.6 is 0 Å². The fourth-order valence-corrected chi connectivity index (χ4v) is 2.28. The predicted octanol–water partition coefficient (Wildman–Crippen LogP) is 4.19. The van der Waals surface area contributed by atoms with Gasteiger partial charge in [0.1, 0.15) is 11.6 Å². The minimum atomic E-state index is -0.483. The molecule has 0 aliphatic carbocycles. The van der Waals surface area contributed by atoms with Crippen LogP contribution in [0.5, 0.6) is 5.75 Å². The van der Waals surface area contributed by atoms with Crippen molar-refractivity contribution in [2.24, 2.45) is 0 Å². The Morgan fingerprint density at radius 2 is 1.69 bits per heavy atom. The number of carbonyl (C=O) groups is 1. The highest BCUT2D eigenvalue weighted by atomic mass is 19.1. The van der Waals surface area contributed by atoms with Gasteiger partial charge < -0.3 is 10.1 Å². The molecule has 7 heteroatoms. The number of hydrogen-bond donors (Lipinski definition) is 1. The van der Waals surface area contributed by atoms with Crippen LogP contribution in [0.3, 0.4) is 0 Å². The van der Waals surface area contributed by atoms with Gasteiger partial charge in [0, 0.05) is 5.69 Å². The second-order valence-electron chi connectivity index (χ2n) is 5.57. The molecule has 5 nitrogen and oxygen atoms in total. The fraction of sp³-hybridized carbons (Fsp3) is 0.158. The molecule has 0 aliphatic heterocycles. The van der Waals surface area contributed by atoms with Crippen molar-refractivity contribution in [2.75, 3.05) is 11.9 Å². The SMILES string of the molecule is CCCOc1cn(-c2ccc(F)cc2)nc1C(=O)Nc1ccc(F)cc1. The quantitative estimate of drug-likeness (QED) is 0.720. The third-order valence-electron chi connectivity index (χ3n) is 3.55. The van der Waals surface area contributed by atoms with Gasteiger partial charge in [-0.2, -0.15) is 5.10 Å². The van der Waals surface area contributed by atoms with Crippen molar-refractivity contribution < 1.29 is 18.3 Å². The van der Waals surface area contributed by atoms with E-state index in [-0.39, 0.29) is 11.5 Å². The molecular formula is C19H17F2N3O2. The van der Waals surface area contributed by atoms with Crippen molar-refractivity contribution in [2.45, 2.75) is 13.3 Å². The molecule has 0 radical (unpaired) electrons. The highest BCUT2D eigenvalue weighted by Gasteiger charge is 2.19. The molecule has 1 amide bonds. The van der Waals surface area contributed by atoms with Crippen molar-refractivity contribution in [3.8, 4) is 11.4 Å². The fourth-order valence-electron chi connectivity index (χ4n) is 2.28. The maximum Gasteiger partial charge on any atom is 0.280 e. The molecule has 1 N–H and O–H groups in total. The van der Waals surface area contributed by atoms with Gasteiger partial charge in [-0.3, -0.25) is 4.79 Å². The van der Waals surface area contributed by atoms with Gasteiger partial charge in [-0.25, -0.2) is 13.5 Å². The summed E-state index contributed by atoms with van der Waals surface area (Å²) in [6, 6.07) is 11.1. The van der Waals surface area contributed by atoms with E-state index >= 15 is 0 Å². The summed E-state index contributed by atoms with van der Waals surface area (Å²) in [7, 11) is 0. The first-order valence-corrected chi connectivity index (χ1v) is 8.12. The lowest BCUT2D eigenvalue weighted by Crippen LogP contribution is -2.14. The van der Waals surface area contributed by atoms with Crippen molar-refractivity contribution in [3.63, 3.8) is 0 Å². The smallest absolute Gasteiger partial charge is 0.280 e. The van der Waals surface area contributed by atoms with Crippen LogP contribution < -0.4 is 10.1 Å². The van der Waals surface area contributed by atoms with Crippen molar-refractivity contribution in [1.82, 2.24) is 9.78 Å². The molecular weight excluding hydrogens is 340 g/mol. The molecule has 0 bridgehead atoms. The number of ether oxygens (including phenoxy) is 1. The molecule has 26 heavy (non-hydrogen) atoms. The Hall–Kier alpha value is -3.22. The molecule has 3 aromatic rings. The molecule has 0 aliphatic rings. The number of aromatic nitrogens is 2. The number of amides is 1. The number of benzene rings is 2. The topological polar surface area (TPSA) is 56.2 Å². The normalized spacial score (nSPS) is 10.6. The molecule has 3 rings (SSSR count). The molecule has 134 valence electrons. The predicted molar refractivity (Wildman–Crippen MR) is 93.7 cm³/mol. The number of nitrogens with one attached hydrogen (secondary N) is 1. The molecule has 0 spiro atoms. The number of carbonyl (C=O) groups excluding carboxylic acids is 1. The van der Waals surface area contributed by atoms with Crippen LogP contribution in [0, 0.1) is 11.6 Å². The summed E-state index contributed by atoms with van der Waals surface area (Å²) in [5.41, 5.74) is 1.12. The van der Waals surface area contributed by atoms with E-state index < -0.39 is 11.7 Å². The molecule has 2 aromatic carbocycles. The van der Waals surface area contributed by atoms with Gasteiger partial charge >= 0.3 is 0 Å². The van der Waals surface area contributed by atoms with Crippen LogP contribution in [-0.4, -0.2) is 22.3 Å². The van der Waals surface area contributed by atoms with Crippen molar-refractivity contribution >= 4 is 11.6 Å². The van der Waals surface area contributed by atoms with Crippen molar-refractivity contribution in [1.29, 1.82) is 0 Å². The van der Waals surface area contributed by atoms with Crippen LogP contribution in [0.4, 0.5) is 14.5 Å². The zero-order chi connectivity index (χ0) is 18.5. The summed E-state index contributed by atoms with van der Waals surface area (Å²) in [6.45, 7) is 2.37. The lowest BCUT2D eigenvalue weighted by molar-refractivity contribution is 0.101. The maximum absolute atomic E-state index is 13.1. The van der Waals surface area contributed by atoms with Gasteiger partial charge in [-0.1, -0.05) is 6.92 Å². The molecule has 0 saturated carbocycles. The second-order valence-corrected chi connectivity index (χ2v) is 5.57. The zero-order valence-electron chi connectivity index (χ0n) is 14.1. The third kappa shape index (κ3) is 4.05. The molecule has 0 fully saturated rings. The second kappa shape index (κ2) is 7.77. The van der Waals surface area contributed by atoms with Gasteiger partial charge in [-0.15, -0.1) is 0 Å². The van der Waals surface area contributed by atoms with Gasteiger partial charge in [0.2, 0.25) is 0 Å². The van der Waals surface area contributed by atoms with E-state index in [1.165, 1.54) is 41.1 Å². The number of rotatable bonds is 6.